The first-order chi connectivity index (χ1) is 9.47. The first-order valence-corrected chi connectivity index (χ1v) is 8.57. The summed E-state index contributed by atoms with van der Waals surface area (Å²) in [5.74, 6) is 0.319. The van der Waals surface area contributed by atoms with Crippen molar-refractivity contribution in [3.8, 4) is 0 Å². The minimum atomic E-state index is -3.46. The van der Waals surface area contributed by atoms with E-state index in [1.54, 1.807) is 26.3 Å². The molecule has 0 radical (unpaired) electrons. The van der Waals surface area contributed by atoms with Crippen LogP contribution in [0.2, 0.25) is 0 Å². The number of hydrogen-bond acceptors (Lipinski definition) is 3. The highest BCUT2D eigenvalue weighted by atomic mass is 35.5. The van der Waals surface area contributed by atoms with Crippen molar-refractivity contribution in [3.63, 3.8) is 0 Å². The van der Waals surface area contributed by atoms with Gasteiger partial charge in [0.05, 0.1) is 4.90 Å². The lowest BCUT2D eigenvalue weighted by Gasteiger charge is -2.18. The number of benzene rings is 1. The van der Waals surface area contributed by atoms with Crippen molar-refractivity contribution >= 4 is 21.6 Å². The molecule has 0 atom stereocenters. The van der Waals surface area contributed by atoms with Gasteiger partial charge < -0.3 is 4.74 Å². The average molecular weight is 320 g/mol. The van der Waals surface area contributed by atoms with Crippen molar-refractivity contribution in [2.24, 2.45) is 0 Å². The third-order valence-corrected chi connectivity index (χ3v) is 5.37. The molecule has 0 N–H and O–H groups in total. The van der Waals surface area contributed by atoms with E-state index in [1.807, 2.05) is 13.0 Å². The Morgan fingerprint density at radius 3 is 2.55 bits per heavy atom. The SMILES string of the molecule is CCc1ccc(S(=O)(=O)N(C)CCCOC)cc1CCl. The Morgan fingerprint density at radius 1 is 1.30 bits per heavy atom. The highest BCUT2D eigenvalue weighted by Gasteiger charge is 2.21. The normalized spacial score (nSPS) is 12.1. The van der Waals surface area contributed by atoms with E-state index in [2.05, 4.69) is 0 Å². The van der Waals surface area contributed by atoms with Crippen LogP contribution in [0.5, 0.6) is 0 Å². The van der Waals surface area contributed by atoms with Crippen LogP contribution in [0.15, 0.2) is 23.1 Å². The van der Waals surface area contributed by atoms with E-state index in [9.17, 15) is 8.42 Å². The second-order valence-corrected chi connectivity index (χ2v) is 6.90. The summed E-state index contributed by atoms with van der Waals surface area (Å²) in [7, 11) is -0.274. The summed E-state index contributed by atoms with van der Waals surface area (Å²) in [6, 6.07) is 5.17. The smallest absolute Gasteiger partial charge is 0.242 e. The number of ether oxygens (including phenoxy) is 1. The number of methoxy groups -OCH3 is 1. The molecule has 1 aromatic rings. The predicted octanol–water partition coefficient (Wildman–Crippen LogP) is 2.64. The van der Waals surface area contributed by atoms with Gasteiger partial charge in [0.25, 0.3) is 0 Å². The molecule has 0 aromatic heterocycles. The lowest BCUT2D eigenvalue weighted by molar-refractivity contribution is 0.189. The maximum Gasteiger partial charge on any atom is 0.242 e. The summed E-state index contributed by atoms with van der Waals surface area (Å²) in [4.78, 5) is 0.297. The van der Waals surface area contributed by atoms with E-state index in [0.29, 0.717) is 30.3 Å². The highest BCUT2D eigenvalue weighted by Crippen LogP contribution is 2.21. The van der Waals surface area contributed by atoms with Crippen molar-refractivity contribution in [2.75, 3.05) is 27.3 Å². The number of rotatable bonds is 8. The van der Waals surface area contributed by atoms with Crippen LogP contribution in [-0.4, -0.2) is 40.0 Å². The fourth-order valence-electron chi connectivity index (χ4n) is 1.96. The Kier molecular flexibility index (Phi) is 6.95. The number of halogens is 1. The van der Waals surface area contributed by atoms with Gasteiger partial charge in [0.1, 0.15) is 0 Å². The Morgan fingerprint density at radius 2 is 2.00 bits per heavy atom. The molecule has 0 unspecified atom stereocenters. The maximum atomic E-state index is 12.4. The minimum Gasteiger partial charge on any atom is -0.385 e. The molecule has 0 saturated carbocycles. The van der Waals surface area contributed by atoms with E-state index in [-0.39, 0.29) is 0 Å². The van der Waals surface area contributed by atoms with Gasteiger partial charge in [-0.05, 0) is 36.1 Å². The Bertz CT molecular complexity index is 531. The van der Waals surface area contributed by atoms with Crippen LogP contribution in [0.4, 0.5) is 0 Å². The molecule has 0 fully saturated rings. The Balaban J connectivity index is 2.97. The lowest BCUT2D eigenvalue weighted by Crippen LogP contribution is -2.28. The van der Waals surface area contributed by atoms with Gasteiger partial charge in [-0.15, -0.1) is 11.6 Å². The third kappa shape index (κ3) is 4.19. The van der Waals surface area contributed by atoms with Gasteiger partial charge in [0.2, 0.25) is 10.0 Å². The first kappa shape index (κ1) is 17.4. The lowest BCUT2D eigenvalue weighted by atomic mass is 10.1. The van der Waals surface area contributed by atoms with E-state index >= 15 is 0 Å². The quantitative estimate of drug-likeness (QED) is 0.546. The average Bonchev–Trinajstić information content (AvgIpc) is 2.46. The van der Waals surface area contributed by atoms with Gasteiger partial charge in [-0.25, -0.2) is 12.7 Å². The van der Waals surface area contributed by atoms with Crippen LogP contribution in [0, 0.1) is 0 Å². The standard InChI is InChI=1S/C14H22ClNO3S/c1-4-12-6-7-14(10-13(12)11-15)20(17,18)16(2)8-5-9-19-3/h6-7,10H,4-5,8-9,11H2,1-3H3. The summed E-state index contributed by atoms with van der Waals surface area (Å²) in [5.41, 5.74) is 1.96. The second-order valence-electron chi connectivity index (χ2n) is 4.59. The predicted molar refractivity (Wildman–Crippen MR) is 81.7 cm³/mol. The largest absolute Gasteiger partial charge is 0.385 e. The molecule has 0 spiro atoms. The molecule has 1 aromatic carbocycles. The van der Waals surface area contributed by atoms with Gasteiger partial charge in [0.15, 0.2) is 0 Å². The molecule has 0 aliphatic rings. The van der Waals surface area contributed by atoms with Gasteiger partial charge >= 0.3 is 0 Å². The first-order valence-electron chi connectivity index (χ1n) is 6.60. The van der Waals surface area contributed by atoms with Crippen LogP contribution >= 0.6 is 11.6 Å². The molecule has 0 heterocycles. The monoisotopic (exact) mass is 319 g/mol. The van der Waals surface area contributed by atoms with Gasteiger partial charge in [-0.3, -0.25) is 0 Å². The zero-order valence-electron chi connectivity index (χ0n) is 12.2. The fraction of sp³-hybridized carbons (Fsp3) is 0.571. The van der Waals surface area contributed by atoms with E-state index in [1.165, 1.54) is 4.31 Å². The summed E-state index contributed by atoms with van der Waals surface area (Å²) < 4.78 is 31.2. The van der Waals surface area contributed by atoms with Gasteiger partial charge in [0, 0.05) is 33.2 Å². The molecule has 0 saturated heterocycles. The number of sulfonamides is 1. The minimum absolute atomic E-state index is 0.297. The molecule has 20 heavy (non-hydrogen) atoms. The van der Waals surface area contributed by atoms with Crippen molar-refractivity contribution in [2.45, 2.75) is 30.5 Å². The highest BCUT2D eigenvalue weighted by molar-refractivity contribution is 7.89. The fourth-order valence-corrected chi connectivity index (χ4v) is 3.47. The van der Waals surface area contributed by atoms with Crippen LogP contribution < -0.4 is 0 Å². The summed E-state index contributed by atoms with van der Waals surface area (Å²) >= 11 is 5.89. The molecule has 0 aliphatic heterocycles. The van der Waals surface area contributed by atoms with Crippen LogP contribution in [0.1, 0.15) is 24.5 Å². The molecule has 0 amide bonds. The Labute approximate surface area is 126 Å². The maximum absolute atomic E-state index is 12.4. The van der Waals surface area contributed by atoms with E-state index < -0.39 is 10.0 Å². The zero-order chi connectivity index (χ0) is 15.2. The van der Waals surface area contributed by atoms with Crippen molar-refractivity contribution < 1.29 is 13.2 Å². The van der Waals surface area contributed by atoms with Crippen molar-refractivity contribution in [1.82, 2.24) is 4.31 Å². The van der Waals surface area contributed by atoms with Crippen molar-refractivity contribution in [3.05, 3.63) is 29.3 Å². The number of aryl methyl sites for hydroxylation is 1. The molecule has 114 valence electrons. The molecule has 0 bridgehead atoms. The van der Waals surface area contributed by atoms with Gasteiger partial charge in [-0.1, -0.05) is 13.0 Å². The molecular weight excluding hydrogens is 298 g/mol. The summed E-state index contributed by atoms with van der Waals surface area (Å²) in [5, 5.41) is 0. The Hall–Kier alpha value is -0.620. The molecular formula is C14H22ClNO3S. The van der Waals surface area contributed by atoms with Crippen molar-refractivity contribution in [1.29, 1.82) is 0 Å². The van der Waals surface area contributed by atoms with Crippen LogP contribution in [-0.2, 0) is 27.1 Å². The van der Waals surface area contributed by atoms with Crippen LogP contribution in [0.25, 0.3) is 0 Å². The number of hydrogen-bond donors (Lipinski definition) is 0. The molecule has 6 heteroatoms. The second kappa shape index (κ2) is 7.98. The third-order valence-electron chi connectivity index (χ3n) is 3.23. The van der Waals surface area contributed by atoms with E-state index in [0.717, 1.165) is 17.5 Å². The van der Waals surface area contributed by atoms with Gasteiger partial charge in [-0.2, -0.15) is 0 Å². The summed E-state index contributed by atoms with van der Waals surface area (Å²) in [6.07, 6.45) is 1.51. The zero-order valence-corrected chi connectivity index (χ0v) is 13.8. The molecule has 4 nitrogen and oxygen atoms in total. The molecule has 1 rings (SSSR count). The van der Waals surface area contributed by atoms with E-state index in [4.69, 9.17) is 16.3 Å². The van der Waals surface area contributed by atoms with Crippen LogP contribution in [0.3, 0.4) is 0 Å². The number of alkyl halides is 1. The topological polar surface area (TPSA) is 46.6 Å². The molecule has 0 aliphatic carbocycles. The number of nitrogens with zero attached hydrogens (tertiary/aromatic N) is 1. The summed E-state index contributed by atoms with van der Waals surface area (Å²) in [6.45, 7) is 3.00.